The third-order valence-corrected chi connectivity index (χ3v) is 6.22. The number of hydrogen-bond donors (Lipinski definition) is 2. The number of halogens is 1. The smallest absolute Gasteiger partial charge is 0.329 e. The average molecular weight is 534 g/mol. The second kappa shape index (κ2) is 12.3. The summed E-state index contributed by atoms with van der Waals surface area (Å²) in [5.41, 5.74) is 3.13. The summed E-state index contributed by atoms with van der Waals surface area (Å²) >= 11 is 6.22. The maximum Gasteiger partial charge on any atom is 0.329 e. The van der Waals surface area contributed by atoms with E-state index in [1.807, 2.05) is 50.2 Å². The molecule has 0 radical (unpaired) electrons. The minimum atomic E-state index is -0.662. The first-order valence-corrected chi connectivity index (χ1v) is 12.6. The molecule has 1 saturated heterocycles. The molecule has 8 nitrogen and oxygen atoms in total. The van der Waals surface area contributed by atoms with Crippen LogP contribution in [0.15, 0.2) is 72.4 Å². The SMILES string of the molecule is CCOc1cc(/C=C2/NC(=O)N(CC(=O)Nc3ccccc3CC)C2=O)ccc1OCc1ccccc1Cl. The quantitative estimate of drug-likeness (QED) is 0.268. The Morgan fingerprint density at radius 2 is 1.71 bits per heavy atom. The highest BCUT2D eigenvalue weighted by atomic mass is 35.5. The molecule has 9 heteroatoms. The molecule has 0 spiro atoms. The Kier molecular flexibility index (Phi) is 8.66. The molecule has 196 valence electrons. The molecule has 1 heterocycles. The van der Waals surface area contributed by atoms with Gasteiger partial charge in [-0.25, -0.2) is 9.69 Å². The van der Waals surface area contributed by atoms with Crippen molar-refractivity contribution in [2.45, 2.75) is 26.9 Å². The largest absolute Gasteiger partial charge is 0.490 e. The number of rotatable bonds is 10. The molecular weight excluding hydrogens is 506 g/mol. The second-order valence-corrected chi connectivity index (χ2v) is 8.86. The highest BCUT2D eigenvalue weighted by Crippen LogP contribution is 2.31. The number of carbonyl (C=O) groups is 3. The zero-order chi connectivity index (χ0) is 27.1. The van der Waals surface area contributed by atoms with Crippen molar-refractivity contribution in [1.82, 2.24) is 10.2 Å². The normalized spacial score (nSPS) is 14.0. The van der Waals surface area contributed by atoms with Crippen LogP contribution in [-0.2, 0) is 22.6 Å². The number of carbonyl (C=O) groups excluding carboxylic acids is 3. The number of benzene rings is 3. The molecule has 4 rings (SSSR count). The summed E-state index contributed by atoms with van der Waals surface area (Å²) in [6.07, 6.45) is 2.27. The summed E-state index contributed by atoms with van der Waals surface area (Å²) in [6.45, 7) is 4.09. The molecule has 3 aromatic carbocycles. The first kappa shape index (κ1) is 26.8. The molecule has 2 N–H and O–H groups in total. The Labute approximate surface area is 226 Å². The molecule has 0 saturated carbocycles. The number of anilines is 1. The minimum Gasteiger partial charge on any atom is -0.490 e. The van der Waals surface area contributed by atoms with E-state index in [0.717, 1.165) is 22.4 Å². The lowest BCUT2D eigenvalue weighted by molar-refractivity contribution is -0.127. The molecule has 3 aromatic rings. The first-order valence-electron chi connectivity index (χ1n) is 12.2. The van der Waals surface area contributed by atoms with Gasteiger partial charge >= 0.3 is 6.03 Å². The van der Waals surface area contributed by atoms with Crippen LogP contribution >= 0.6 is 11.6 Å². The monoisotopic (exact) mass is 533 g/mol. The third kappa shape index (κ3) is 6.33. The Morgan fingerprint density at radius 3 is 2.45 bits per heavy atom. The van der Waals surface area contributed by atoms with Crippen LogP contribution in [-0.4, -0.2) is 35.9 Å². The zero-order valence-corrected chi connectivity index (χ0v) is 21.9. The molecule has 38 heavy (non-hydrogen) atoms. The number of nitrogens with zero attached hydrogens (tertiary/aromatic N) is 1. The van der Waals surface area contributed by atoms with Gasteiger partial charge < -0.3 is 20.1 Å². The first-order chi connectivity index (χ1) is 18.4. The van der Waals surface area contributed by atoms with Gasteiger partial charge in [0.2, 0.25) is 5.91 Å². The van der Waals surface area contributed by atoms with Gasteiger partial charge in [-0.3, -0.25) is 9.59 Å². The summed E-state index contributed by atoms with van der Waals surface area (Å²) in [4.78, 5) is 38.9. The van der Waals surface area contributed by atoms with E-state index in [1.165, 1.54) is 6.08 Å². The van der Waals surface area contributed by atoms with E-state index in [0.29, 0.717) is 34.4 Å². The summed E-state index contributed by atoms with van der Waals surface area (Å²) in [5.74, 6) is -0.0573. The zero-order valence-electron chi connectivity index (χ0n) is 21.1. The van der Waals surface area contributed by atoms with Gasteiger partial charge in [0.05, 0.1) is 6.61 Å². The molecule has 0 atom stereocenters. The topological polar surface area (TPSA) is 97.0 Å². The Balaban J connectivity index is 1.46. The fourth-order valence-electron chi connectivity index (χ4n) is 3.94. The van der Waals surface area contributed by atoms with E-state index in [4.69, 9.17) is 21.1 Å². The predicted molar refractivity (Wildman–Crippen MR) is 146 cm³/mol. The van der Waals surface area contributed by atoms with Gasteiger partial charge in [0.25, 0.3) is 5.91 Å². The second-order valence-electron chi connectivity index (χ2n) is 8.46. The third-order valence-electron chi connectivity index (χ3n) is 5.86. The number of imide groups is 1. The molecule has 1 aliphatic heterocycles. The summed E-state index contributed by atoms with van der Waals surface area (Å²) in [7, 11) is 0. The maximum atomic E-state index is 12.9. The minimum absolute atomic E-state index is 0.0592. The van der Waals surface area contributed by atoms with Crippen molar-refractivity contribution in [3.63, 3.8) is 0 Å². The Morgan fingerprint density at radius 1 is 0.974 bits per heavy atom. The lowest BCUT2D eigenvalue weighted by atomic mass is 10.1. The molecule has 1 aliphatic rings. The number of hydrogen-bond acceptors (Lipinski definition) is 5. The van der Waals surface area contributed by atoms with Crippen molar-refractivity contribution < 1.29 is 23.9 Å². The van der Waals surface area contributed by atoms with Crippen LogP contribution in [0.2, 0.25) is 5.02 Å². The lowest BCUT2D eigenvalue weighted by Gasteiger charge is -2.14. The van der Waals surface area contributed by atoms with Crippen LogP contribution in [0.1, 0.15) is 30.5 Å². The Hall–Kier alpha value is -4.30. The van der Waals surface area contributed by atoms with Crippen LogP contribution in [0.4, 0.5) is 10.5 Å². The van der Waals surface area contributed by atoms with E-state index in [9.17, 15) is 14.4 Å². The number of nitrogens with one attached hydrogen (secondary N) is 2. The van der Waals surface area contributed by atoms with Gasteiger partial charge in [-0.1, -0.05) is 61.0 Å². The van der Waals surface area contributed by atoms with Crippen molar-refractivity contribution in [2.75, 3.05) is 18.5 Å². The van der Waals surface area contributed by atoms with Crippen molar-refractivity contribution in [3.05, 3.63) is 94.1 Å². The van der Waals surface area contributed by atoms with E-state index in [2.05, 4.69) is 10.6 Å². The lowest BCUT2D eigenvalue weighted by Crippen LogP contribution is -2.38. The Bertz CT molecular complexity index is 1390. The molecule has 0 unspecified atom stereocenters. The van der Waals surface area contributed by atoms with Crippen LogP contribution in [0.3, 0.4) is 0 Å². The van der Waals surface area contributed by atoms with E-state index < -0.39 is 24.4 Å². The highest BCUT2D eigenvalue weighted by Gasteiger charge is 2.35. The number of ether oxygens (including phenoxy) is 2. The van der Waals surface area contributed by atoms with Crippen molar-refractivity contribution >= 4 is 41.2 Å². The van der Waals surface area contributed by atoms with E-state index in [-0.39, 0.29) is 12.3 Å². The molecule has 4 amide bonds. The van der Waals surface area contributed by atoms with Gasteiger partial charge in [-0.2, -0.15) is 0 Å². The summed E-state index contributed by atoms with van der Waals surface area (Å²) in [6, 6.07) is 19.3. The standard InChI is InChI=1S/C29H28ClN3O5/c1-3-20-9-6-8-12-23(20)31-27(34)17-33-28(35)24(32-29(33)36)15-19-13-14-25(26(16-19)37-4-2)38-18-21-10-5-7-11-22(21)30/h5-16H,3-4,17-18H2,1-2H3,(H,31,34)(H,32,36)/b24-15+. The van der Waals surface area contributed by atoms with Crippen LogP contribution in [0, 0.1) is 0 Å². The van der Waals surface area contributed by atoms with E-state index >= 15 is 0 Å². The number of para-hydroxylation sites is 1. The average Bonchev–Trinajstić information content (AvgIpc) is 3.16. The van der Waals surface area contributed by atoms with Crippen LogP contribution in [0.5, 0.6) is 11.5 Å². The summed E-state index contributed by atoms with van der Waals surface area (Å²) in [5, 5.41) is 5.93. The van der Waals surface area contributed by atoms with Crippen molar-refractivity contribution in [2.24, 2.45) is 0 Å². The number of urea groups is 1. The van der Waals surface area contributed by atoms with Crippen molar-refractivity contribution in [3.8, 4) is 11.5 Å². The number of aryl methyl sites for hydroxylation is 1. The fourth-order valence-corrected chi connectivity index (χ4v) is 4.13. The predicted octanol–water partition coefficient (Wildman–Crippen LogP) is 5.41. The molecule has 1 fully saturated rings. The molecule has 0 bridgehead atoms. The van der Waals surface area contributed by atoms with E-state index in [1.54, 1.807) is 30.3 Å². The maximum absolute atomic E-state index is 12.9. The van der Waals surface area contributed by atoms with Crippen LogP contribution in [0.25, 0.3) is 6.08 Å². The molecular formula is C29H28ClN3O5. The van der Waals surface area contributed by atoms with Gasteiger partial charge in [-0.15, -0.1) is 0 Å². The molecule has 0 aromatic heterocycles. The van der Waals surface area contributed by atoms with Crippen molar-refractivity contribution in [1.29, 1.82) is 0 Å². The highest BCUT2D eigenvalue weighted by molar-refractivity contribution is 6.31. The van der Waals surface area contributed by atoms with Gasteiger partial charge in [-0.05, 0) is 54.8 Å². The van der Waals surface area contributed by atoms with Gasteiger partial charge in [0.1, 0.15) is 18.8 Å². The number of amides is 4. The fraction of sp³-hybridized carbons (Fsp3) is 0.207. The summed E-state index contributed by atoms with van der Waals surface area (Å²) < 4.78 is 11.7. The van der Waals surface area contributed by atoms with Crippen LogP contribution < -0.4 is 20.1 Å². The van der Waals surface area contributed by atoms with Gasteiger partial charge in [0, 0.05) is 16.3 Å². The van der Waals surface area contributed by atoms with Gasteiger partial charge in [0.15, 0.2) is 11.5 Å². The molecule has 0 aliphatic carbocycles.